The van der Waals surface area contributed by atoms with Gasteiger partial charge in [0, 0.05) is 22.3 Å². The summed E-state index contributed by atoms with van der Waals surface area (Å²) in [6, 6.07) is 82.3. The second kappa shape index (κ2) is 14.1. The van der Waals surface area contributed by atoms with Gasteiger partial charge in [0.1, 0.15) is 11.2 Å². The Bertz CT molecular complexity index is 3010. The quantitative estimate of drug-likeness (QED) is 0.151. The zero-order valence-corrected chi connectivity index (χ0v) is 32.1. The number of furan rings is 1. The van der Waals surface area contributed by atoms with E-state index >= 15 is 0 Å². The summed E-state index contributed by atoms with van der Waals surface area (Å²) in [6.07, 6.45) is 0.864. The average molecular weight is 741 g/mol. The molecule has 0 spiro atoms. The lowest BCUT2D eigenvalue weighted by Gasteiger charge is -2.34. The average Bonchev–Trinajstić information content (AvgIpc) is 3.83. The molecular formula is C57H40O. The normalized spacial score (nSPS) is 13.3. The minimum absolute atomic E-state index is 0.135. The molecule has 1 heteroatoms. The summed E-state index contributed by atoms with van der Waals surface area (Å²) in [5.74, 6) is 0.135. The van der Waals surface area contributed by atoms with Crippen LogP contribution in [0.15, 0.2) is 229 Å². The lowest BCUT2D eigenvalue weighted by atomic mass is 9.67. The van der Waals surface area contributed by atoms with Crippen molar-refractivity contribution in [2.45, 2.75) is 17.8 Å². The first-order chi connectivity index (χ1) is 28.8. The monoisotopic (exact) mass is 740 g/mol. The Hall–Kier alpha value is -7.22. The third-order valence-corrected chi connectivity index (χ3v) is 12.4. The van der Waals surface area contributed by atoms with Crippen LogP contribution in [0.3, 0.4) is 0 Å². The Labute approximate surface area is 339 Å². The molecule has 0 amide bonds. The van der Waals surface area contributed by atoms with Crippen molar-refractivity contribution in [2.75, 3.05) is 0 Å². The smallest absolute Gasteiger partial charge is 0.143 e. The molecule has 9 aromatic carbocycles. The zero-order chi connectivity index (χ0) is 38.5. The Balaban J connectivity index is 1.03. The SMILES string of the molecule is c1ccc(-c2ccc(C(Cc3ccc(-c4cccc5c4oc4ccccc45)cc3)c3ccc4c(c3)-c3ccccc3C4(c3ccccc3)c3ccccc3)cc2)cc1. The van der Waals surface area contributed by atoms with Crippen molar-refractivity contribution in [3.63, 3.8) is 0 Å². The van der Waals surface area contributed by atoms with Crippen molar-refractivity contribution in [2.24, 2.45) is 0 Å². The van der Waals surface area contributed by atoms with Gasteiger partial charge in [0.2, 0.25) is 0 Å². The number of hydrogen-bond donors (Lipinski definition) is 0. The van der Waals surface area contributed by atoms with Crippen molar-refractivity contribution in [1.82, 2.24) is 0 Å². The fourth-order valence-electron chi connectivity index (χ4n) is 9.68. The predicted octanol–water partition coefficient (Wildman–Crippen LogP) is 14.7. The summed E-state index contributed by atoms with van der Waals surface area (Å²) in [6.45, 7) is 0. The van der Waals surface area contributed by atoms with Gasteiger partial charge in [-0.3, -0.25) is 0 Å². The summed E-state index contributed by atoms with van der Waals surface area (Å²) in [5, 5.41) is 2.30. The highest BCUT2D eigenvalue weighted by molar-refractivity contribution is 6.09. The van der Waals surface area contributed by atoms with E-state index < -0.39 is 5.41 Å². The minimum Gasteiger partial charge on any atom is -0.455 e. The van der Waals surface area contributed by atoms with Crippen LogP contribution in [0.4, 0.5) is 0 Å². The van der Waals surface area contributed by atoms with Gasteiger partial charge in [-0.15, -0.1) is 0 Å². The fourth-order valence-corrected chi connectivity index (χ4v) is 9.68. The maximum atomic E-state index is 6.42. The van der Waals surface area contributed by atoms with Crippen LogP contribution in [0, 0.1) is 0 Å². The number of benzene rings is 9. The number of hydrogen-bond acceptors (Lipinski definition) is 1. The molecule has 274 valence electrons. The first-order valence-corrected chi connectivity index (χ1v) is 20.3. The topological polar surface area (TPSA) is 13.1 Å². The lowest BCUT2D eigenvalue weighted by Crippen LogP contribution is -2.28. The second-order valence-electron chi connectivity index (χ2n) is 15.6. The molecule has 1 unspecified atom stereocenters. The third kappa shape index (κ3) is 5.54. The number of fused-ring (bicyclic) bond motifs is 6. The highest BCUT2D eigenvalue weighted by atomic mass is 16.3. The molecule has 58 heavy (non-hydrogen) atoms. The van der Waals surface area contributed by atoms with E-state index in [0.717, 1.165) is 39.5 Å². The number of para-hydroxylation sites is 2. The molecule has 1 aliphatic carbocycles. The van der Waals surface area contributed by atoms with E-state index in [1.165, 1.54) is 61.2 Å². The summed E-state index contributed by atoms with van der Waals surface area (Å²) < 4.78 is 6.42. The van der Waals surface area contributed by atoms with Gasteiger partial charge in [-0.1, -0.05) is 218 Å². The molecule has 10 aromatic rings. The molecule has 0 radical (unpaired) electrons. The van der Waals surface area contributed by atoms with Crippen LogP contribution < -0.4 is 0 Å². The maximum Gasteiger partial charge on any atom is 0.143 e. The standard InChI is InChI=1S/C57H40O/c1-4-15-40(16-5-1)41-31-33-43(34-32-41)51(37-39-27-29-42(30-28-39)47-23-14-24-50-49-22-11-13-26-55(49)58-56(47)50)44-35-36-54-52(38-44)48-21-10-12-25-53(48)57(54,45-17-6-2-7-18-45)46-19-8-3-9-20-46/h1-36,38,51H,37H2. The first-order valence-electron chi connectivity index (χ1n) is 20.3. The van der Waals surface area contributed by atoms with E-state index in [9.17, 15) is 0 Å². The van der Waals surface area contributed by atoms with E-state index in [-0.39, 0.29) is 5.92 Å². The Morgan fingerprint density at radius 3 is 1.67 bits per heavy atom. The first kappa shape index (κ1) is 34.1. The van der Waals surface area contributed by atoms with Crippen LogP contribution in [-0.2, 0) is 11.8 Å². The third-order valence-electron chi connectivity index (χ3n) is 12.4. The largest absolute Gasteiger partial charge is 0.455 e. The Morgan fingerprint density at radius 1 is 0.379 bits per heavy atom. The highest BCUT2D eigenvalue weighted by Crippen LogP contribution is 2.56. The van der Waals surface area contributed by atoms with Gasteiger partial charge >= 0.3 is 0 Å². The van der Waals surface area contributed by atoms with Crippen molar-refractivity contribution in [3.05, 3.63) is 263 Å². The molecule has 1 atom stereocenters. The van der Waals surface area contributed by atoms with Gasteiger partial charge in [0.15, 0.2) is 0 Å². The van der Waals surface area contributed by atoms with Crippen LogP contribution in [0.2, 0.25) is 0 Å². The fraction of sp³-hybridized carbons (Fsp3) is 0.0526. The second-order valence-corrected chi connectivity index (χ2v) is 15.6. The van der Waals surface area contributed by atoms with Gasteiger partial charge in [-0.2, -0.15) is 0 Å². The molecule has 1 nitrogen and oxygen atoms in total. The van der Waals surface area contributed by atoms with Crippen LogP contribution in [0.25, 0.3) is 55.3 Å². The van der Waals surface area contributed by atoms with E-state index in [0.29, 0.717) is 0 Å². The van der Waals surface area contributed by atoms with E-state index in [1.807, 2.05) is 6.07 Å². The van der Waals surface area contributed by atoms with Crippen LogP contribution >= 0.6 is 0 Å². The Morgan fingerprint density at radius 2 is 0.931 bits per heavy atom. The van der Waals surface area contributed by atoms with Crippen LogP contribution in [0.1, 0.15) is 44.9 Å². The highest BCUT2D eigenvalue weighted by Gasteiger charge is 2.46. The predicted molar refractivity (Wildman–Crippen MR) is 240 cm³/mol. The summed E-state index contributed by atoms with van der Waals surface area (Å²) in [5.41, 5.74) is 17.9. The van der Waals surface area contributed by atoms with Crippen molar-refractivity contribution < 1.29 is 4.42 Å². The van der Waals surface area contributed by atoms with Crippen LogP contribution in [-0.4, -0.2) is 0 Å². The van der Waals surface area contributed by atoms with Crippen molar-refractivity contribution >= 4 is 21.9 Å². The number of rotatable bonds is 8. The van der Waals surface area contributed by atoms with Gasteiger partial charge in [-0.05, 0) is 79.2 Å². The van der Waals surface area contributed by atoms with Crippen LogP contribution in [0.5, 0.6) is 0 Å². The zero-order valence-electron chi connectivity index (χ0n) is 32.1. The van der Waals surface area contributed by atoms with Gasteiger partial charge < -0.3 is 4.42 Å². The molecule has 11 rings (SSSR count). The molecule has 1 aliphatic rings. The molecule has 1 heterocycles. The summed E-state index contributed by atoms with van der Waals surface area (Å²) >= 11 is 0. The Kier molecular flexibility index (Phi) is 8.26. The van der Waals surface area contributed by atoms with E-state index in [4.69, 9.17) is 4.42 Å². The minimum atomic E-state index is -0.418. The molecule has 0 saturated heterocycles. The summed E-state index contributed by atoms with van der Waals surface area (Å²) in [4.78, 5) is 0. The molecular weight excluding hydrogens is 701 g/mol. The molecule has 1 aromatic heterocycles. The van der Waals surface area contributed by atoms with Gasteiger partial charge in [-0.25, -0.2) is 0 Å². The van der Waals surface area contributed by atoms with Crippen molar-refractivity contribution in [1.29, 1.82) is 0 Å². The van der Waals surface area contributed by atoms with Gasteiger partial charge in [0.25, 0.3) is 0 Å². The molecule has 0 bridgehead atoms. The maximum absolute atomic E-state index is 6.42. The van der Waals surface area contributed by atoms with E-state index in [1.54, 1.807) is 0 Å². The molecule has 0 fully saturated rings. The van der Waals surface area contributed by atoms with Gasteiger partial charge in [0.05, 0.1) is 5.41 Å². The summed E-state index contributed by atoms with van der Waals surface area (Å²) in [7, 11) is 0. The van der Waals surface area contributed by atoms with E-state index in [2.05, 4.69) is 218 Å². The van der Waals surface area contributed by atoms with Crippen molar-refractivity contribution in [3.8, 4) is 33.4 Å². The molecule has 0 aliphatic heterocycles. The lowest BCUT2D eigenvalue weighted by molar-refractivity contribution is 0.670. The molecule has 0 saturated carbocycles. The molecule has 0 N–H and O–H groups in total.